The van der Waals surface area contributed by atoms with Crippen molar-refractivity contribution in [3.05, 3.63) is 36.7 Å². The van der Waals surface area contributed by atoms with Crippen molar-refractivity contribution in [1.29, 1.82) is 0 Å². The van der Waals surface area contributed by atoms with Crippen LogP contribution in [-0.4, -0.2) is 26.8 Å². The van der Waals surface area contributed by atoms with E-state index in [2.05, 4.69) is 14.5 Å². The summed E-state index contributed by atoms with van der Waals surface area (Å²) in [5.41, 5.74) is 2.60. The van der Waals surface area contributed by atoms with Crippen molar-refractivity contribution in [3.8, 4) is 22.9 Å². The van der Waals surface area contributed by atoms with Gasteiger partial charge in [0.05, 0.1) is 24.4 Å². The lowest BCUT2D eigenvalue weighted by Crippen LogP contribution is -1.98. The second-order valence-corrected chi connectivity index (χ2v) is 5.28. The minimum Gasteiger partial charge on any atom is -0.507 e. The number of aromatic nitrogens is 3. The Bertz CT molecular complexity index is 822. The van der Waals surface area contributed by atoms with Crippen LogP contribution in [0, 0.1) is 0 Å². The van der Waals surface area contributed by atoms with E-state index in [4.69, 9.17) is 4.74 Å². The van der Waals surface area contributed by atoms with Gasteiger partial charge in [-0.05, 0) is 37.1 Å². The Labute approximate surface area is 121 Å². The fraction of sp³-hybridized carbons (Fsp3) is 0.250. The molecule has 0 saturated heterocycles. The normalized spacial score (nSPS) is 14.5. The molecule has 1 fully saturated rings. The molecule has 0 radical (unpaired) electrons. The van der Waals surface area contributed by atoms with Crippen molar-refractivity contribution in [1.82, 2.24) is 14.5 Å². The number of fused-ring (bicyclic) bond motifs is 1. The Morgan fingerprint density at radius 2 is 2.14 bits per heavy atom. The average Bonchev–Trinajstić information content (AvgIpc) is 3.28. The summed E-state index contributed by atoms with van der Waals surface area (Å²) in [6.07, 6.45) is 5.82. The van der Waals surface area contributed by atoms with Gasteiger partial charge in [-0.3, -0.25) is 4.98 Å². The number of methoxy groups -OCH3 is 1. The second-order valence-electron chi connectivity index (χ2n) is 5.28. The summed E-state index contributed by atoms with van der Waals surface area (Å²) >= 11 is 0. The summed E-state index contributed by atoms with van der Waals surface area (Å²) in [6, 6.07) is 7.63. The van der Waals surface area contributed by atoms with Crippen LogP contribution >= 0.6 is 0 Å². The van der Waals surface area contributed by atoms with Crippen LogP contribution < -0.4 is 4.74 Å². The number of pyridine rings is 1. The Morgan fingerprint density at radius 1 is 1.29 bits per heavy atom. The van der Waals surface area contributed by atoms with E-state index in [0.717, 1.165) is 29.7 Å². The van der Waals surface area contributed by atoms with Gasteiger partial charge in [-0.1, -0.05) is 0 Å². The van der Waals surface area contributed by atoms with Gasteiger partial charge in [-0.15, -0.1) is 0 Å². The van der Waals surface area contributed by atoms with E-state index in [-0.39, 0.29) is 5.75 Å². The summed E-state index contributed by atoms with van der Waals surface area (Å²) < 4.78 is 7.46. The number of imidazole rings is 1. The highest BCUT2D eigenvalue weighted by atomic mass is 16.5. The topological polar surface area (TPSA) is 60.2 Å². The van der Waals surface area contributed by atoms with E-state index >= 15 is 0 Å². The Kier molecular flexibility index (Phi) is 2.60. The molecule has 1 aliphatic rings. The van der Waals surface area contributed by atoms with Crippen LogP contribution in [0.3, 0.4) is 0 Å². The predicted molar refractivity (Wildman–Crippen MR) is 79.5 cm³/mol. The molecule has 0 bridgehead atoms. The quantitative estimate of drug-likeness (QED) is 0.801. The zero-order valence-electron chi connectivity index (χ0n) is 11.7. The summed E-state index contributed by atoms with van der Waals surface area (Å²) in [6.45, 7) is 0. The van der Waals surface area contributed by atoms with Gasteiger partial charge in [0.15, 0.2) is 0 Å². The molecule has 2 aromatic heterocycles. The van der Waals surface area contributed by atoms with Gasteiger partial charge in [0.2, 0.25) is 0 Å². The maximum Gasteiger partial charge on any atom is 0.145 e. The number of hydrogen-bond donors (Lipinski definition) is 1. The SMILES string of the molecule is COc1ccc(O)c(-c2nc3cnccc3n2C2CC2)c1. The van der Waals surface area contributed by atoms with Crippen LogP contribution in [0.1, 0.15) is 18.9 Å². The van der Waals surface area contributed by atoms with Gasteiger partial charge in [-0.25, -0.2) is 4.98 Å². The number of aromatic hydroxyl groups is 1. The van der Waals surface area contributed by atoms with Crippen molar-refractivity contribution in [3.63, 3.8) is 0 Å². The van der Waals surface area contributed by atoms with E-state index in [9.17, 15) is 5.11 Å². The minimum absolute atomic E-state index is 0.209. The monoisotopic (exact) mass is 281 g/mol. The van der Waals surface area contributed by atoms with Gasteiger partial charge >= 0.3 is 0 Å². The summed E-state index contributed by atoms with van der Waals surface area (Å²) in [5, 5.41) is 10.2. The highest BCUT2D eigenvalue weighted by Gasteiger charge is 2.29. The molecule has 106 valence electrons. The predicted octanol–water partition coefficient (Wildman–Crippen LogP) is 3.15. The maximum absolute atomic E-state index is 10.2. The van der Waals surface area contributed by atoms with Gasteiger partial charge in [0, 0.05) is 12.2 Å². The first-order chi connectivity index (χ1) is 10.3. The van der Waals surface area contributed by atoms with Crippen molar-refractivity contribution >= 4 is 11.0 Å². The van der Waals surface area contributed by atoms with Crippen LogP contribution in [0.25, 0.3) is 22.4 Å². The van der Waals surface area contributed by atoms with Crippen molar-refractivity contribution in [2.24, 2.45) is 0 Å². The summed E-state index contributed by atoms with van der Waals surface area (Å²) in [4.78, 5) is 8.80. The summed E-state index contributed by atoms with van der Waals surface area (Å²) in [5.74, 6) is 1.69. The number of nitrogens with zero attached hydrogens (tertiary/aromatic N) is 3. The Hall–Kier alpha value is -2.56. The highest BCUT2D eigenvalue weighted by Crippen LogP contribution is 2.43. The first-order valence-corrected chi connectivity index (χ1v) is 6.97. The molecule has 5 heteroatoms. The summed E-state index contributed by atoms with van der Waals surface area (Å²) in [7, 11) is 1.62. The Balaban J connectivity index is 2.00. The van der Waals surface area contributed by atoms with E-state index < -0.39 is 0 Å². The largest absolute Gasteiger partial charge is 0.507 e. The van der Waals surface area contributed by atoms with E-state index in [1.165, 1.54) is 0 Å². The zero-order valence-corrected chi connectivity index (χ0v) is 11.7. The fourth-order valence-electron chi connectivity index (χ4n) is 2.66. The fourth-order valence-corrected chi connectivity index (χ4v) is 2.66. The molecule has 4 rings (SSSR count). The molecule has 1 saturated carbocycles. The van der Waals surface area contributed by atoms with Crippen LogP contribution in [0.2, 0.25) is 0 Å². The van der Waals surface area contributed by atoms with Crippen LogP contribution in [0.4, 0.5) is 0 Å². The molecular formula is C16H15N3O2. The lowest BCUT2D eigenvalue weighted by atomic mass is 10.1. The number of phenolic OH excluding ortho intramolecular Hbond substituents is 1. The number of ether oxygens (including phenoxy) is 1. The molecule has 2 heterocycles. The van der Waals surface area contributed by atoms with Gasteiger partial charge < -0.3 is 14.4 Å². The first-order valence-electron chi connectivity index (χ1n) is 6.97. The smallest absolute Gasteiger partial charge is 0.145 e. The van der Waals surface area contributed by atoms with Crippen LogP contribution in [-0.2, 0) is 0 Å². The van der Waals surface area contributed by atoms with Crippen molar-refractivity contribution in [2.45, 2.75) is 18.9 Å². The molecule has 0 unspecified atom stereocenters. The van der Waals surface area contributed by atoms with Crippen LogP contribution in [0.5, 0.6) is 11.5 Å². The maximum atomic E-state index is 10.2. The molecule has 1 aromatic carbocycles. The van der Waals surface area contributed by atoms with Crippen molar-refractivity contribution in [2.75, 3.05) is 7.11 Å². The third-order valence-corrected chi connectivity index (χ3v) is 3.85. The molecular weight excluding hydrogens is 266 g/mol. The molecule has 0 amide bonds. The zero-order chi connectivity index (χ0) is 14.4. The molecule has 0 atom stereocenters. The molecule has 5 nitrogen and oxygen atoms in total. The van der Waals surface area contributed by atoms with E-state index in [1.54, 1.807) is 31.6 Å². The molecule has 3 aromatic rings. The molecule has 1 N–H and O–H groups in total. The lowest BCUT2D eigenvalue weighted by molar-refractivity contribution is 0.412. The third kappa shape index (κ3) is 1.93. The van der Waals surface area contributed by atoms with E-state index in [1.807, 2.05) is 12.1 Å². The Morgan fingerprint density at radius 3 is 2.90 bits per heavy atom. The molecule has 1 aliphatic carbocycles. The average molecular weight is 281 g/mol. The second kappa shape index (κ2) is 4.48. The third-order valence-electron chi connectivity index (χ3n) is 3.85. The van der Waals surface area contributed by atoms with Crippen molar-refractivity contribution < 1.29 is 9.84 Å². The first kappa shape index (κ1) is 12.2. The standard InChI is InChI=1S/C16H15N3O2/c1-21-11-4-5-15(20)12(8-11)16-18-13-9-17-7-6-14(13)19(16)10-2-3-10/h4-10,20H,2-3H2,1H3. The number of phenols is 1. The number of benzene rings is 1. The van der Waals surface area contributed by atoms with Gasteiger partial charge in [0.1, 0.15) is 22.8 Å². The van der Waals surface area contributed by atoms with Gasteiger partial charge in [0.25, 0.3) is 0 Å². The van der Waals surface area contributed by atoms with Gasteiger partial charge in [-0.2, -0.15) is 0 Å². The highest BCUT2D eigenvalue weighted by molar-refractivity contribution is 5.81. The number of rotatable bonds is 3. The van der Waals surface area contributed by atoms with Crippen LogP contribution in [0.15, 0.2) is 36.7 Å². The molecule has 21 heavy (non-hydrogen) atoms. The minimum atomic E-state index is 0.209. The lowest BCUT2D eigenvalue weighted by Gasteiger charge is -2.10. The van der Waals surface area contributed by atoms with E-state index in [0.29, 0.717) is 17.4 Å². The number of hydrogen-bond acceptors (Lipinski definition) is 4. The molecule has 0 aliphatic heterocycles. The molecule has 0 spiro atoms.